The monoisotopic (exact) mass is 337 g/mol. The van der Waals surface area contributed by atoms with Crippen LogP contribution in [0.15, 0.2) is 85.6 Å². The van der Waals surface area contributed by atoms with Crippen molar-refractivity contribution in [3.05, 3.63) is 96.7 Å². The summed E-state index contributed by atoms with van der Waals surface area (Å²) in [6.07, 6.45) is 5.61. The molecule has 1 nitrogen and oxygen atoms in total. The molecule has 2 rings (SSSR count). The van der Waals surface area contributed by atoms with Crippen LogP contribution in [0.3, 0.4) is 0 Å². The van der Waals surface area contributed by atoms with Gasteiger partial charge in [0.1, 0.15) is 0 Å². The van der Waals surface area contributed by atoms with Gasteiger partial charge in [-0.2, -0.15) is 0 Å². The summed E-state index contributed by atoms with van der Waals surface area (Å²) in [7, 11) is 0. The molecule has 2 aromatic rings. The standard InChI is InChI=1S/C18H18.C2H5N.2C2H6/c1-15(17-9-5-3-6-10-17)13-14-16(2)18-11-7-4-8-12-18;1-2-3;2*1-2/h3-14H,1-2H3;2H,1,3H2;2*1-2H3/b15-13+,16-14+;;;. The summed E-state index contributed by atoms with van der Waals surface area (Å²) in [4.78, 5) is 0. The lowest BCUT2D eigenvalue weighted by molar-refractivity contribution is 1.50. The first kappa shape index (κ1) is 24.7. The zero-order chi connectivity index (χ0) is 19.5. The number of hydrogen-bond acceptors (Lipinski definition) is 1. The Morgan fingerprint density at radius 1 is 0.680 bits per heavy atom. The summed E-state index contributed by atoms with van der Waals surface area (Å²) in [5.74, 6) is 0. The molecule has 0 unspecified atom stereocenters. The number of hydrogen-bond donors (Lipinski definition) is 1. The molecule has 0 aliphatic rings. The largest absolute Gasteiger partial charge is 0.405 e. The highest BCUT2D eigenvalue weighted by Crippen LogP contribution is 2.16. The van der Waals surface area contributed by atoms with E-state index in [2.05, 4.69) is 86.8 Å². The van der Waals surface area contributed by atoms with E-state index in [9.17, 15) is 0 Å². The smallest absolute Gasteiger partial charge is 0.0136 e. The van der Waals surface area contributed by atoms with Gasteiger partial charge in [-0.05, 0) is 42.3 Å². The molecule has 0 atom stereocenters. The third-order valence-electron chi connectivity index (χ3n) is 3.04. The first-order valence-corrected chi connectivity index (χ1v) is 8.97. The minimum atomic E-state index is 1.25. The van der Waals surface area contributed by atoms with Crippen LogP contribution in [-0.4, -0.2) is 0 Å². The molecule has 1 heteroatoms. The molecule has 0 saturated heterocycles. The minimum absolute atomic E-state index is 1.25. The zero-order valence-electron chi connectivity index (χ0n) is 16.8. The molecule has 0 radical (unpaired) electrons. The van der Waals surface area contributed by atoms with Gasteiger partial charge in [0.05, 0.1) is 0 Å². The first-order valence-electron chi connectivity index (χ1n) is 8.97. The Hall–Kier alpha value is -2.54. The highest BCUT2D eigenvalue weighted by atomic mass is 14.5. The summed E-state index contributed by atoms with van der Waals surface area (Å²) in [5, 5.41) is 0. The maximum absolute atomic E-state index is 4.61. The quantitative estimate of drug-likeness (QED) is 0.583. The van der Waals surface area contributed by atoms with Crippen LogP contribution in [0.1, 0.15) is 52.7 Å². The van der Waals surface area contributed by atoms with Gasteiger partial charge in [0, 0.05) is 0 Å². The van der Waals surface area contributed by atoms with E-state index >= 15 is 0 Å². The van der Waals surface area contributed by atoms with Crippen LogP contribution in [0.2, 0.25) is 0 Å². The van der Waals surface area contributed by atoms with Gasteiger partial charge in [-0.1, -0.05) is 107 Å². The molecule has 0 aromatic heterocycles. The molecular weight excluding hydrogens is 302 g/mol. The maximum atomic E-state index is 4.61. The van der Waals surface area contributed by atoms with E-state index in [1.807, 2.05) is 39.8 Å². The molecule has 0 bridgehead atoms. The lowest BCUT2D eigenvalue weighted by Crippen LogP contribution is -1.79. The van der Waals surface area contributed by atoms with Crippen molar-refractivity contribution in [3.8, 4) is 0 Å². The van der Waals surface area contributed by atoms with Gasteiger partial charge in [0.2, 0.25) is 0 Å². The molecular formula is C24H35N. The van der Waals surface area contributed by atoms with Crippen molar-refractivity contribution in [2.75, 3.05) is 0 Å². The van der Waals surface area contributed by atoms with Crippen molar-refractivity contribution >= 4 is 11.1 Å². The third-order valence-corrected chi connectivity index (χ3v) is 3.04. The Morgan fingerprint density at radius 3 is 1.16 bits per heavy atom. The van der Waals surface area contributed by atoms with E-state index in [1.165, 1.54) is 28.5 Å². The Bertz CT molecular complexity index is 539. The van der Waals surface area contributed by atoms with Crippen LogP contribution in [0.25, 0.3) is 11.1 Å². The van der Waals surface area contributed by atoms with Crippen molar-refractivity contribution in [1.82, 2.24) is 0 Å². The van der Waals surface area contributed by atoms with Gasteiger partial charge < -0.3 is 5.73 Å². The van der Waals surface area contributed by atoms with Crippen molar-refractivity contribution in [3.63, 3.8) is 0 Å². The predicted molar refractivity (Wildman–Crippen MR) is 117 cm³/mol. The van der Waals surface area contributed by atoms with E-state index in [-0.39, 0.29) is 0 Å². The molecule has 25 heavy (non-hydrogen) atoms. The first-order chi connectivity index (χ1) is 12.2. The van der Waals surface area contributed by atoms with Crippen LogP contribution >= 0.6 is 0 Å². The van der Waals surface area contributed by atoms with E-state index in [1.54, 1.807) is 0 Å². The van der Waals surface area contributed by atoms with E-state index in [4.69, 9.17) is 0 Å². The molecule has 136 valence electrons. The highest BCUT2D eigenvalue weighted by molar-refractivity contribution is 5.71. The van der Waals surface area contributed by atoms with Crippen molar-refractivity contribution in [2.24, 2.45) is 5.73 Å². The summed E-state index contributed by atoms with van der Waals surface area (Å²) in [6, 6.07) is 20.9. The van der Waals surface area contributed by atoms with Crippen LogP contribution in [0.5, 0.6) is 0 Å². The zero-order valence-corrected chi connectivity index (χ0v) is 16.8. The van der Waals surface area contributed by atoms with Crippen molar-refractivity contribution in [1.29, 1.82) is 0 Å². The fraction of sp³-hybridized carbons (Fsp3) is 0.250. The van der Waals surface area contributed by atoms with E-state index in [0.29, 0.717) is 0 Å². The lowest BCUT2D eigenvalue weighted by atomic mass is 10.0. The number of benzene rings is 2. The molecule has 0 amide bonds. The Balaban J connectivity index is 0. The average molecular weight is 338 g/mol. The van der Waals surface area contributed by atoms with E-state index < -0.39 is 0 Å². The van der Waals surface area contributed by atoms with Crippen LogP contribution < -0.4 is 5.73 Å². The molecule has 2 N–H and O–H groups in total. The summed E-state index contributed by atoms with van der Waals surface area (Å²) in [5.41, 5.74) is 9.72. The minimum Gasteiger partial charge on any atom is -0.405 e. The van der Waals surface area contributed by atoms with Gasteiger partial charge in [0.25, 0.3) is 0 Å². The highest BCUT2D eigenvalue weighted by Gasteiger charge is 1.94. The molecule has 0 aliphatic carbocycles. The summed E-state index contributed by atoms with van der Waals surface area (Å²) in [6.45, 7) is 15.4. The number of nitrogens with two attached hydrogens (primary N) is 1. The van der Waals surface area contributed by atoms with Gasteiger partial charge >= 0.3 is 0 Å². The predicted octanol–water partition coefficient (Wildman–Crippen LogP) is 7.33. The van der Waals surface area contributed by atoms with Gasteiger partial charge in [-0.3, -0.25) is 0 Å². The second kappa shape index (κ2) is 17.8. The third kappa shape index (κ3) is 11.6. The fourth-order valence-electron chi connectivity index (χ4n) is 1.84. The Kier molecular flexibility index (Phi) is 17.6. The second-order valence-corrected chi connectivity index (χ2v) is 4.67. The molecule has 0 saturated carbocycles. The summed E-state index contributed by atoms with van der Waals surface area (Å²) >= 11 is 0. The summed E-state index contributed by atoms with van der Waals surface area (Å²) < 4.78 is 0. The molecule has 0 fully saturated rings. The maximum Gasteiger partial charge on any atom is -0.0136 e. The van der Waals surface area contributed by atoms with Crippen molar-refractivity contribution in [2.45, 2.75) is 41.5 Å². The number of allylic oxidation sites excluding steroid dienone is 4. The topological polar surface area (TPSA) is 26.0 Å². The van der Waals surface area contributed by atoms with E-state index in [0.717, 1.165) is 0 Å². The van der Waals surface area contributed by atoms with Crippen LogP contribution in [0, 0.1) is 0 Å². The van der Waals surface area contributed by atoms with Crippen LogP contribution in [-0.2, 0) is 0 Å². The van der Waals surface area contributed by atoms with Crippen molar-refractivity contribution < 1.29 is 0 Å². The Morgan fingerprint density at radius 2 is 0.920 bits per heavy atom. The SMILES string of the molecule is C/C(=C\C=C(/C)c1ccccc1)c1ccccc1.C=CN.CC.CC. The fourth-order valence-corrected chi connectivity index (χ4v) is 1.84. The normalized spacial score (nSPS) is 10.0. The lowest BCUT2D eigenvalue weighted by Gasteiger charge is -2.01. The van der Waals surface area contributed by atoms with Crippen LogP contribution in [0.4, 0.5) is 0 Å². The average Bonchev–Trinajstić information content (AvgIpc) is 2.71. The molecule has 2 aromatic carbocycles. The molecule has 0 aliphatic heterocycles. The number of rotatable bonds is 3. The molecule has 0 heterocycles. The second-order valence-electron chi connectivity index (χ2n) is 4.67. The van der Waals surface area contributed by atoms with Gasteiger partial charge in [0.15, 0.2) is 0 Å². The molecule has 0 spiro atoms. The Labute approximate surface area is 155 Å². The van der Waals surface area contributed by atoms with Gasteiger partial charge in [-0.25, -0.2) is 0 Å². The van der Waals surface area contributed by atoms with Gasteiger partial charge in [-0.15, -0.1) is 0 Å².